The molecule has 0 saturated heterocycles. The van der Waals surface area contributed by atoms with Crippen LogP contribution in [0.15, 0.2) is 63.7 Å². The lowest BCUT2D eigenvalue weighted by Crippen LogP contribution is -2.14. The van der Waals surface area contributed by atoms with Crippen LogP contribution in [0, 0.1) is 0 Å². The molecule has 9 heteroatoms. The van der Waals surface area contributed by atoms with Gasteiger partial charge in [0, 0.05) is 6.07 Å². The number of carbonyl (C=O) groups excluding carboxylic acids is 2. The predicted octanol–water partition coefficient (Wildman–Crippen LogP) is 4.92. The summed E-state index contributed by atoms with van der Waals surface area (Å²) in [5.41, 5.74) is 1.80. The topological polar surface area (TPSA) is 89.6 Å². The fraction of sp³-hybridized carbons (Fsp3) is 0.143. The molecule has 0 radical (unpaired) electrons. The normalized spacial score (nSPS) is 10.4. The van der Waals surface area contributed by atoms with Gasteiger partial charge in [-0.05, 0) is 55.6 Å². The van der Waals surface area contributed by atoms with Gasteiger partial charge >= 0.3 is 5.97 Å². The van der Waals surface area contributed by atoms with E-state index >= 15 is 0 Å². The number of hydrogen-bond donors (Lipinski definition) is 2. The van der Waals surface area contributed by atoms with Crippen molar-refractivity contribution in [3.63, 3.8) is 0 Å². The van der Waals surface area contributed by atoms with Crippen molar-refractivity contribution in [2.24, 2.45) is 0 Å². The average molecular weight is 538 g/mol. The number of rotatable bonds is 8. The van der Waals surface area contributed by atoms with Crippen LogP contribution in [0.4, 0.5) is 5.69 Å². The van der Waals surface area contributed by atoms with Crippen molar-refractivity contribution in [1.82, 2.24) is 4.98 Å². The quantitative estimate of drug-likeness (QED) is 0.398. The number of nitrogens with one attached hydrogen (secondary N) is 2. The van der Waals surface area contributed by atoms with Gasteiger partial charge in [-0.2, -0.15) is 0 Å². The summed E-state index contributed by atoms with van der Waals surface area (Å²) in [6.07, 6.45) is 0. The monoisotopic (exact) mass is 536 g/mol. The molecule has 0 bridgehead atoms. The van der Waals surface area contributed by atoms with Gasteiger partial charge in [0.2, 0.25) is 0 Å². The summed E-state index contributed by atoms with van der Waals surface area (Å²) in [4.78, 5) is 26.9. The van der Waals surface area contributed by atoms with Gasteiger partial charge < -0.3 is 24.5 Å². The van der Waals surface area contributed by atoms with Crippen molar-refractivity contribution in [3.8, 4) is 11.5 Å². The Hall–Kier alpha value is -2.78. The molecule has 0 atom stereocenters. The minimum atomic E-state index is -0.498. The van der Waals surface area contributed by atoms with E-state index < -0.39 is 5.97 Å². The predicted molar refractivity (Wildman–Crippen MR) is 119 cm³/mol. The van der Waals surface area contributed by atoms with Gasteiger partial charge in [-0.25, -0.2) is 4.79 Å². The number of halogens is 2. The molecule has 156 valence electrons. The van der Waals surface area contributed by atoms with E-state index in [2.05, 4.69) is 46.9 Å². The van der Waals surface area contributed by atoms with E-state index in [9.17, 15) is 9.59 Å². The number of anilines is 1. The second kappa shape index (κ2) is 10.3. The van der Waals surface area contributed by atoms with Crippen LogP contribution in [0.2, 0.25) is 0 Å². The lowest BCUT2D eigenvalue weighted by Gasteiger charge is -2.14. The number of hydrogen-bond acceptors (Lipinski definition) is 5. The highest BCUT2D eigenvalue weighted by Crippen LogP contribution is 2.31. The molecule has 0 fully saturated rings. The molecule has 30 heavy (non-hydrogen) atoms. The fourth-order valence-corrected chi connectivity index (χ4v) is 3.12. The summed E-state index contributed by atoms with van der Waals surface area (Å²) in [5.74, 6) is -0.0256. The molecule has 7 nitrogen and oxygen atoms in total. The molecule has 0 saturated carbocycles. The number of amides is 1. The summed E-state index contributed by atoms with van der Waals surface area (Å²) >= 11 is 6.66. The molecule has 3 rings (SSSR count). The summed E-state index contributed by atoms with van der Waals surface area (Å²) < 4.78 is 17.3. The lowest BCUT2D eigenvalue weighted by molar-refractivity contribution is -0.142. The standard InChI is InChI=1S/C21H18Br2N2O5/c1-28-19(26)12-29-14-7-8-16(25-21(27)17-10-15(22)20(23)24-17)18(9-14)30-11-13-5-3-2-4-6-13/h2-10,24H,11-12H2,1H3,(H,25,27). The van der Waals surface area contributed by atoms with E-state index in [-0.39, 0.29) is 12.5 Å². The van der Waals surface area contributed by atoms with Gasteiger partial charge in [0.05, 0.1) is 21.9 Å². The zero-order valence-electron chi connectivity index (χ0n) is 15.9. The first kappa shape index (κ1) is 21.9. The van der Waals surface area contributed by atoms with E-state index in [1.54, 1.807) is 24.3 Å². The highest BCUT2D eigenvalue weighted by atomic mass is 79.9. The first-order valence-electron chi connectivity index (χ1n) is 8.82. The minimum absolute atomic E-state index is 0.231. The zero-order chi connectivity index (χ0) is 21.5. The Labute approximate surface area is 190 Å². The number of carbonyl (C=O) groups is 2. The van der Waals surface area contributed by atoms with Crippen molar-refractivity contribution in [2.75, 3.05) is 19.0 Å². The summed E-state index contributed by atoms with van der Waals surface area (Å²) in [6.45, 7) is 0.0641. The van der Waals surface area contributed by atoms with Gasteiger partial charge in [-0.15, -0.1) is 0 Å². The minimum Gasteiger partial charge on any atom is -0.487 e. The number of methoxy groups -OCH3 is 1. The first-order chi connectivity index (χ1) is 14.5. The largest absolute Gasteiger partial charge is 0.487 e. The fourth-order valence-electron chi connectivity index (χ4n) is 2.47. The van der Waals surface area contributed by atoms with E-state index in [0.29, 0.717) is 34.1 Å². The Morgan fingerprint density at radius 3 is 2.47 bits per heavy atom. The van der Waals surface area contributed by atoms with Crippen LogP contribution in [-0.2, 0) is 16.1 Å². The van der Waals surface area contributed by atoms with Crippen molar-refractivity contribution >= 4 is 49.4 Å². The maximum Gasteiger partial charge on any atom is 0.343 e. The van der Waals surface area contributed by atoms with Crippen LogP contribution < -0.4 is 14.8 Å². The summed E-state index contributed by atoms with van der Waals surface area (Å²) in [6, 6.07) is 16.2. The Morgan fingerprint density at radius 2 is 1.80 bits per heavy atom. The van der Waals surface area contributed by atoms with Crippen molar-refractivity contribution in [2.45, 2.75) is 6.61 Å². The molecule has 2 N–H and O–H groups in total. The van der Waals surface area contributed by atoms with Crippen LogP contribution >= 0.6 is 31.9 Å². The molecule has 3 aromatic rings. The Kier molecular flexibility index (Phi) is 7.53. The van der Waals surface area contributed by atoms with Crippen LogP contribution in [0.3, 0.4) is 0 Å². The van der Waals surface area contributed by atoms with Gasteiger partial charge in [0.15, 0.2) is 6.61 Å². The molecule has 1 amide bonds. The summed E-state index contributed by atoms with van der Waals surface area (Å²) in [5, 5.41) is 2.82. The van der Waals surface area contributed by atoms with Gasteiger partial charge in [-0.1, -0.05) is 30.3 Å². The van der Waals surface area contributed by atoms with E-state index in [0.717, 1.165) is 10.0 Å². The average Bonchev–Trinajstić information content (AvgIpc) is 3.10. The molecule has 0 aliphatic rings. The molecule has 1 heterocycles. The number of benzene rings is 2. The van der Waals surface area contributed by atoms with Crippen molar-refractivity contribution < 1.29 is 23.8 Å². The second-order valence-electron chi connectivity index (χ2n) is 6.10. The first-order valence-corrected chi connectivity index (χ1v) is 10.4. The molecule has 0 aliphatic heterocycles. The van der Waals surface area contributed by atoms with Gasteiger partial charge in [0.25, 0.3) is 5.91 Å². The number of H-pyrrole nitrogens is 1. The zero-order valence-corrected chi connectivity index (χ0v) is 19.1. The molecular formula is C21H18Br2N2O5. The Morgan fingerprint density at radius 1 is 1.03 bits per heavy atom. The molecule has 0 aliphatic carbocycles. The van der Waals surface area contributed by atoms with Crippen LogP contribution in [-0.4, -0.2) is 30.6 Å². The molecule has 1 aromatic heterocycles. The third kappa shape index (κ3) is 5.87. The molecule has 0 unspecified atom stereocenters. The van der Waals surface area contributed by atoms with Gasteiger partial charge in [-0.3, -0.25) is 4.79 Å². The highest BCUT2D eigenvalue weighted by Gasteiger charge is 2.15. The number of ether oxygens (including phenoxy) is 3. The van der Waals surface area contributed by atoms with E-state index in [4.69, 9.17) is 9.47 Å². The number of esters is 1. The number of aromatic amines is 1. The van der Waals surface area contributed by atoms with Crippen LogP contribution in [0.25, 0.3) is 0 Å². The molecule has 2 aromatic carbocycles. The Balaban J connectivity index is 1.80. The Bertz CT molecular complexity index is 1020. The van der Waals surface area contributed by atoms with E-state index in [1.165, 1.54) is 7.11 Å². The van der Waals surface area contributed by atoms with Crippen LogP contribution in [0.1, 0.15) is 16.1 Å². The number of aromatic nitrogens is 1. The summed E-state index contributed by atoms with van der Waals surface area (Å²) in [7, 11) is 1.29. The second-order valence-corrected chi connectivity index (χ2v) is 7.74. The van der Waals surface area contributed by atoms with E-state index in [1.807, 2.05) is 30.3 Å². The van der Waals surface area contributed by atoms with Gasteiger partial charge in [0.1, 0.15) is 23.8 Å². The molecular weight excluding hydrogens is 520 g/mol. The third-order valence-electron chi connectivity index (χ3n) is 3.99. The van der Waals surface area contributed by atoms with Crippen LogP contribution in [0.5, 0.6) is 11.5 Å². The third-order valence-corrected chi connectivity index (χ3v) is 5.78. The SMILES string of the molecule is COC(=O)COc1ccc(NC(=O)c2cc(Br)c(Br)[nH]2)c(OCc2ccccc2)c1. The van der Waals surface area contributed by atoms with Crippen molar-refractivity contribution in [3.05, 3.63) is 74.9 Å². The highest BCUT2D eigenvalue weighted by molar-refractivity contribution is 9.13. The van der Waals surface area contributed by atoms with Crippen molar-refractivity contribution in [1.29, 1.82) is 0 Å². The maximum absolute atomic E-state index is 12.6. The maximum atomic E-state index is 12.6. The smallest absolute Gasteiger partial charge is 0.343 e. The lowest BCUT2D eigenvalue weighted by atomic mass is 10.2. The molecule has 0 spiro atoms.